The van der Waals surface area contributed by atoms with E-state index in [-0.39, 0.29) is 12.8 Å². The third-order valence-electron chi connectivity index (χ3n) is 4.02. The van der Waals surface area contributed by atoms with Crippen LogP contribution in [0.2, 0.25) is 0 Å². The van der Waals surface area contributed by atoms with Gasteiger partial charge < -0.3 is 10.2 Å². The fourth-order valence-corrected chi connectivity index (χ4v) is 2.62. The molecule has 0 fully saturated rings. The summed E-state index contributed by atoms with van der Waals surface area (Å²) in [5, 5.41) is 17.2. The van der Waals surface area contributed by atoms with Crippen molar-refractivity contribution in [3.63, 3.8) is 0 Å². The van der Waals surface area contributed by atoms with Gasteiger partial charge in [-0.25, -0.2) is 0 Å². The zero-order valence-electron chi connectivity index (χ0n) is 15.9. The molecule has 26 heavy (non-hydrogen) atoms. The minimum atomic E-state index is -0.780. The number of benzene rings is 2. The first kappa shape index (κ1) is 21.4. The average molecular weight is 356 g/mol. The van der Waals surface area contributed by atoms with Crippen LogP contribution >= 0.6 is 0 Å². The number of hydrogen-bond donors (Lipinski definition) is 2. The van der Waals surface area contributed by atoms with E-state index in [0.29, 0.717) is 11.8 Å². The molecule has 0 unspecified atom stereocenters. The van der Waals surface area contributed by atoms with E-state index < -0.39 is 11.9 Å². The lowest BCUT2D eigenvalue weighted by molar-refractivity contribution is -0.137. The molecule has 140 valence electrons. The van der Waals surface area contributed by atoms with Crippen LogP contribution in [0.1, 0.15) is 61.8 Å². The molecule has 2 aromatic carbocycles. The van der Waals surface area contributed by atoms with Crippen LogP contribution in [0.3, 0.4) is 0 Å². The molecule has 0 radical (unpaired) electrons. The number of carboxylic acid groups (broad SMARTS) is 2. The van der Waals surface area contributed by atoms with Gasteiger partial charge in [-0.05, 0) is 34.1 Å². The Balaban J connectivity index is 0.000000260. The van der Waals surface area contributed by atoms with E-state index in [9.17, 15) is 9.59 Å². The van der Waals surface area contributed by atoms with Gasteiger partial charge in [0.2, 0.25) is 0 Å². The standard InChI is InChI=1S/2C11H14O2/c1-8(2)10-5-3-9(4-6-10)7-11(12)13;1-8(2)10-6-4-3-5-9(10)7-11(12)13/h2*3-6,8H,7H2,1-2H3,(H,12,13). The maximum atomic E-state index is 10.5. The van der Waals surface area contributed by atoms with E-state index in [1.165, 1.54) is 5.56 Å². The van der Waals surface area contributed by atoms with Crippen molar-refractivity contribution in [3.05, 3.63) is 70.8 Å². The van der Waals surface area contributed by atoms with Gasteiger partial charge in [-0.3, -0.25) is 9.59 Å². The van der Waals surface area contributed by atoms with Crippen molar-refractivity contribution < 1.29 is 19.8 Å². The molecule has 2 aromatic rings. The van der Waals surface area contributed by atoms with Crippen molar-refractivity contribution in [2.45, 2.75) is 52.4 Å². The normalized spacial score (nSPS) is 10.4. The van der Waals surface area contributed by atoms with Crippen LogP contribution in [0.5, 0.6) is 0 Å². The summed E-state index contributed by atoms with van der Waals surface area (Å²) in [4.78, 5) is 20.9. The van der Waals surface area contributed by atoms with E-state index in [0.717, 1.165) is 16.7 Å². The van der Waals surface area contributed by atoms with Gasteiger partial charge in [0, 0.05) is 0 Å². The van der Waals surface area contributed by atoms with Crippen molar-refractivity contribution in [1.29, 1.82) is 0 Å². The lowest BCUT2D eigenvalue weighted by Crippen LogP contribution is -2.04. The smallest absolute Gasteiger partial charge is 0.307 e. The monoisotopic (exact) mass is 356 g/mol. The molecule has 4 heteroatoms. The Morgan fingerprint density at radius 3 is 1.77 bits per heavy atom. The first-order valence-electron chi connectivity index (χ1n) is 8.81. The van der Waals surface area contributed by atoms with E-state index >= 15 is 0 Å². The van der Waals surface area contributed by atoms with Gasteiger partial charge in [0.15, 0.2) is 0 Å². The van der Waals surface area contributed by atoms with Gasteiger partial charge in [-0.2, -0.15) is 0 Å². The molecular weight excluding hydrogens is 328 g/mol. The second kappa shape index (κ2) is 10.4. The molecule has 0 saturated heterocycles. The second-order valence-corrected chi connectivity index (χ2v) is 6.89. The first-order valence-corrected chi connectivity index (χ1v) is 8.81. The average Bonchev–Trinajstić information content (AvgIpc) is 2.55. The molecule has 0 spiro atoms. The van der Waals surface area contributed by atoms with Crippen molar-refractivity contribution in [3.8, 4) is 0 Å². The van der Waals surface area contributed by atoms with E-state index in [4.69, 9.17) is 10.2 Å². The van der Waals surface area contributed by atoms with Crippen LogP contribution in [0.15, 0.2) is 48.5 Å². The van der Waals surface area contributed by atoms with Gasteiger partial charge in [-0.1, -0.05) is 76.2 Å². The van der Waals surface area contributed by atoms with E-state index in [2.05, 4.69) is 27.7 Å². The SMILES string of the molecule is CC(C)c1ccc(CC(=O)O)cc1.CC(C)c1ccccc1CC(=O)O. The van der Waals surface area contributed by atoms with Gasteiger partial charge in [0.05, 0.1) is 12.8 Å². The Kier molecular flexibility index (Phi) is 8.56. The Morgan fingerprint density at radius 2 is 1.31 bits per heavy atom. The lowest BCUT2D eigenvalue weighted by Gasteiger charge is -2.10. The molecule has 0 aromatic heterocycles. The molecule has 0 atom stereocenters. The van der Waals surface area contributed by atoms with Crippen LogP contribution in [0.25, 0.3) is 0 Å². The van der Waals surface area contributed by atoms with E-state index in [1.54, 1.807) is 0 Å². The predicted molar refractivity (Wildman–Crippen MR) is 104 cm³/mol. The maximum Gasteiger partial charge on any atom is 0.307 e. The molecule has 0 aliphatic heterocycles. The fraction of sp³-hybridized carbons (Fsp3) is 0.364. The molecule has 0 aliphatic carbocycles. The van der Waals surface area contributed by atoms with Crippen molar-refractivity contribution >= 4 is 11.9 Å². The van der Waals surface area contributed by atoms with Crippen molar-refractivity contribution in [2.75, 3.05) is 0 Å². The fourth-order valence-electron chi connectivity index (χ4n) is 2.62. The number of hydrogen-bond acceptors (Lipinski definition) is 2. The summed E-state index contributed by atoms with van der Waals surface area (Å²) in [6.07, 6.45) is 0.229. The van der Waals surface area contributed by atoms with Crippen LogP contribution in [0.4, 0.5) is 0 Å². The Bertz CT molecular complexity index is 715. The molecule has 2 N–H and O–H groups in total. The zero-order valence-corrected chi connectivity index (χ0v) is 15.9. The van der Waals surface area contributed by atoms with Gasteiger partial charge in [-0.15, -0.1) is 0 Å². The van der Waals surface area contributed by atoms with Crippen LogP contribution < -0.4 is 0 Å². The molecule has 2 rings (SSSR count). The van der Waals surface area contributed by atoms with Gasteiger partial charge in [0.1, 0.15) is 0 Å². The number of carboxylic acids is 2. The Morgan fingerprint density at radius 1 is 0.769 bits per heavy atom. The third kappa shape index (κ3) is 7.51. The van der Waals surface area contributed by atoms with Crippen molar-refractivity contribution in [2.24, 2.45) is 0 Å². The number of rotatable bonds is 6. The molecule has 0 saturated carbocycles. The van der Waals surface area contributed by atoms with Gasteiger partial charge >= 0.3 is 11.9 Å². The van der Waals surface area contributed by atoms with Gasteiger partial charge in [0.25, 0.3) is 0 Å². The predicted octanol–water partition coefficient (Wildman–Crippen LogP) is 4.87. The van der Waals surface area contributed by atoms with Crippen LogP contribution in [-0.4, -0.2) is 22.2 Å². The quantitative estimate of drug-likeness (QED) is 0.774. The van der Waals surface area contributed by atoms with E-state index in [1.807, 2.05) is 48.5 Å². The topological polar surface area (TPSA) is 74.6 Å². The van der Waals surface area contributed by atoms with Crippen LogP contribution in [0, 0.1) is 0 Å². The lowest BCUT2D eigenvalue weighted by atomic mass is 9.95. The highest BCUT2D eigenvalue weighted by Crippen LogP contribution is 2.19. The summed E-state index contributed by atoms with van der Waals surface area (Å²) < 4.78 is 0. The number of carbonyl (C=O) groups is 2. The van der Waals surface area contributed by atoms with Crippen molar-refractivity contribution in [1.82, 2.24) is 0 Å². The largest absolute Gasteiger partial charge is 0.481 e. The summed E-state index contributed by atoms with van der Waals surface area (Å²) in [5.74, 6) is -0.667. The highest BCUT2D eigenvalue weighted by Gasteiger charge is 2.08. The Hall–Kier alpha value is -2.62. The summed E-state index contributed by atoms with van der Waals surface area (Å²) >= 11 is 0. The molecule has 0 heterocycles. The molecule has 4 nitrogen and oxygen atoms in total. The molecule has 0 aliphatic rings. The Labute approximate surface area is 155 Å². The highest BCUT2D eigenvalue weighted by atomic mass is 16.4. The summed E-state index contributed by atoms with van der Waals surface area (Å²) in [6.45, 7) is 8.37. The summed E-state index contributed by atoms with van der Waals surface area (Å²) in [7, 11) is 0. The summed E-state index contributed by atoms with van der Waals surface area (Å²) in [6, 6.07) is 15.4. The minimum Gasteiger partial charge on any atom is -0.481 e. The first-order chi connectivity index (χ1) is 12.2. The highest BCUT2D eigenvalue weighted by molar-refractivity contribution is 5.71. The number of aliphatic carboxylic acids is 2. The molecule has 0 amide bonds. The molecule has 0 bridgehead atoms. The molecular formula is C22H28O4. The minimum absolute atomic E-state index is 0.109. The summed E-state index contributed by atoms with van der Waals surface area (Å²) in [5.41, 5.74) is 4.15. The second-order valence-electron chi connectivity index (χ2n) is 6.89. The third-order valence-corrected chi connectivity index (χ3v) is 4.02. The van der Waals surface area contributed by atoms with Crippen LogP contribution in [-0.2, 0) is 22.4 Å². The maximum absolute atomic E-state index is 10.5. The zero-order chi connectivity index (χ0) is 19.7.